The molecule has 20 heavy (non-hydrogen) atoms. The van der Waals surface area contributed by atoms with Crippen molar-refractivity contribution in [3.05, 3.63) is 21.3 Å². The van der Waals surface area contributed by atoms with Gasteiger partial charge in [0.15, 0.2) is 0 Å². The molecule has 1 aromatic heterocycles. The first kappa shape index (κ1) is 15.6. The van der Waals surface area contributed by atoms with Crippen LogP contribution in [-0.4, -0.2) is 49.8 Å². The first-order valence-electron chi connectivity index (χ1n) is 6.73. The van der Waals surface area contributed by atoms with Gasteiger partial charge in [-0.15, -0.1) is 11.3 Å². The summed E-state index contributed by atoms with van der Waals surface area (Å²) in [5.41, 5.74) is 0. The minimum Gasteiger partial charge on any atom is -0.379 e. The Bertz CT molecular complexity index is 435. The van der Waals surface area contributed by atoms with Gasteiger partial charge in [-0.2, -0.15) is 0 Å². The van der Waals surface area contributed by atoms with Crippen molar-refractivity contribution in [2.75, 3.05) is 32.8 Å². The molecule has 1 fully saturated rings. The predicted octanol–water partition coefficient (Wildman–Crippen LogP) is 1.92. The molecule has 0 bridgehead atoms. The fraction of sp³-hybridized carbons (Fsp3) is 0.615. The van der Waals surface area contributed by atoms with E-state index in [9.17, 15) is 4.79 Å². The van der Waals surface area contributed by atoms with Gasteiger partial charge in [0.05, 0.1) is 24.1 Å². The maximum Gasteiger partial charge on any atom is 0.315 e. The highest BCUT2D eigenvalue weighted by Gasteiger charge is 2.17. The molecule has 0 radical (unpaired) electrons. The number of morpholine rings is 1. The van der Waals surface area contributed by atoms with E-state index < -0.39 is 0 Å². The zero-order valence-electron chi connectivity index (χ0n) is 11.5. The summed E-state index contributed by atoms with van der Waals surface area (Å²) in [7, 11) is 0. The number of nitrogens with zero attached hydrogens (tertiary/aromatic N) is 1. The van der Waals surface area contributed by atoms with Crippen LogP contribution in [0.3, 0.4) is 0 Å². The van der Waals surface area contributed by atoms with Gasteiger partial charge in [-0.3, -0.25) is 4.90 Å². The van der Waals surface area contributed by atoms with E-state index in [0.717, 1.165) is 35.5 Å². The Labute approximate surface area is 128 Å². The van der Waals surface area contributed by atoms with Gasteiger partial charge in [0.25, 0.3) is 0 Å². The molecule has 2 amide bonds. The van der Waals surface area contributed by atoms with Crippen LogP contribution in [0.1, 0.15) is 11.8 Å². The van der Waals surface area contributed by atoms with Gasteiger partial charge in [-0.25, -0.2) is 4.79 Å². The summed E-state index contributed by atoms with van der Waals surface area (Å²) in [5, 5.41) is 5.72. The number of ether oxygens (including phenoxy) is 1. The predicted molar refractivity (Wildman–Crippen MR) is 81.4 cm³/mol. The van der Waals surface area contributed by atoms with Crippen molar-refractivity contribution in [2.45, 2.75) is 19.5 Å². The van der Waals surface area contributed by atoms with Crippen molar-refractivity contribution in [1.82, 2.24) is 15.5 Å². The van der Waals surface area contributed by atoms with Gasteiger partial charge < -0.3 is 15.4 Å². The molecule has 0 spiro atoms. The molecule has 2 heterocycles. The van der Waals surface area contributed by atoms with Crippen molar-refractivity contribution in [2.24, 2.45) is 0 Å². The molecule has 1 aliphatic rings. The van der Waals surface area contributed by atoms with Crippen LogP contribution in [0.2, 0.25) is 4.34 Å². The second kappa shape index (κ2) is 7.83. The summed E-state index contributed by atoms with van der Waals surface area (Å²) < 4.78 is 6.05. The number of hydrogen-bond donors (Lipinski definition) is 2. The zero-order valence-corrected chi connectivity index (χ0v) is 13.1. The Morgan fingerprint density at radius 2 is 2.20 bits per heavy atom. The molecule has 0 aromatic carbocycles. The first-order chi connectivity index (χ1) is 9.65. The number of carbonyl (C=O) groups is 1. The van der Waals surface area contributed by atoms with Gasteiger partial charge in [0, 0.05) is 30.6 Å². The van der Waals surface area contributed by atoms with Crippen LogP contribution in [0.4, 0.5) is 4.79 Å². The van der Waals surface area contributed by atoms with Crippen LogP contribution in [0, 0.1) is 0 Å². The summed E-state index contributed by atoms with van der Waals surface area (Å²) >= 11 is 7.32. The highest BCUT2D eigenvalue weighted by atomic mass is 35.5. The number of urea groups is 1. The van der Waals surface area contributed by atoms with E-state index in [4.69, 9.17) is 16.3 Å². The third-order valence-corrected chi connectivity index (χ3v) is 4.51. The lowest BCUT2D eigenvalue weighted by Gasteiger charge is -2.32. The Morgan fingerprint density at radius 3 is 2.85 bits per heavy atom. The summed E-state index contributed by atoms with van der Waals surface area (Å²) in [6.45, 7) is 6.67. The van der Waals surface area contributed by atoms with Crippen molar-refractivity contribution in [3.63, 3.8) is 0 Å². The topological polar surface area (TPSA) is 53.6 Å². The molecule has 0 aliphatic carbocycles. The normalized spacial score (nSPS) is 17.7. The van der Waals surface area contributed by atoms with E-state index in [2.05, 4.69) is 22.5 Å². The van der Waals surface area contributed by atoms with E-state index in [-0.39, 0.29) is 6.03 Å². The number of amides is 2. The second-order valence-corrected chi connectivity index (χ2v) is 6.57. The van der Waals surface area contributed by atoms with Crippen LogP contribution >= 0.6 is 22.9 Å². The number of nitrogens with one attached hydrogen (secondary N) is 2. The number of carbonyl (C=O) groups excluding carboxylic acids is 1. The monoisotopic (exact) mass is 317 g/mol. The van der Waals surface area contributed by atoms with E-state index in [1.54, 1.807) is 0 Å². The summed E-state index contributed by atoms with van der Waals surface area (Å²) in [5.74, 6) is 0. The average Bonchev–Trinajstić information content (AvgIpc) is 2.89. The van der Waals surface area contributed by atoms with Crippen LogP contribution < -0.4 is 10.6 Å². The number of rotatable bonds is 5. The molecule has 2 N–H and O–H groups in total. The average molecular weight is 318 g/mol. The summed E-state index contributed by atoms with van der Waals surface area (Å²) in [4.78, 5) is 15.1. The van der Waals surface area contributed by atoms with Crippen LogP contribution in [0.25, 0.3) is 0 Å². The number of halogens is 1. The largest absolute Gasteiger partial charge is 0.379 e. The van der Waals surface area contributed by atoms with Crippen LogP contribution in [0.5, 0.6) is 0 Å². The smallest absolute Gasteiger partial charge is 0.315 e. The SMILES string of the molecule is C[C@@H](CNC(=O)NCc1ccc(Cl)s1)N1CCOCC1. The molecule has 2 rings (SSSR count). The quantitative estimate of drug-likeness (QED) is 0.872. The lowest BCUT2D eigenvalue weighted by Crippen LogP contribution is -2.48. The highest BCUT2D eigenvalue weighted by Crippen LogP contribution is 2.20. The van der Waals surface area contributed by atoms with Crippen molar-refractivity contribution >= 4 is 29.0 Å². The minimum absolute atomic E-state index is 0.144. The van der Waals surface area contributed by atoms with Crippen molar-refractivity contribution in [3.8, 4) is 0 Å². The molecule has 0 unspecified atom stereocenters. The van der Waals surface area contributed by atoms with Gasteiger partial charge in [0.2, 0.25) is 0 Å². The molecule has 1 atom stereocenters. The lowest BCUT2D eigenvalue weighted by atomic mass is 10.2. The molecule has 7 heteroatoms. The summed E-state index contributed by atoms with van der Waals surface area (Å²) in [6.07, 6.45) is 0. The van der Waals surface area contributed by atoms with E-state index >= 15 is 0 Å². The molecule has 1 aliphatic heterocycles. The van der Waals surface area contributed by atoms with Crippen molar-refractivity contribution in [1.29, 1.82) is 0 Å². The molecule has 1 aromatic rings. The highest BCUT2D eigenvalue weighted by molar-refractivity contribution is 7.16. The Hall–Kier alpha value is -0.820. The van der Waals surface area contributed by atoms with Gasteiger partial charge in [-0.05, 0) is 19.1 Å². The maximum atomic E-state index is 11.7. The zero-order chi connectivity index (χ0) is 14.4. The standard InChI is InChI=1S/C13H20ClN3O2S/c1-10(17-4-6-19-7-5-17)8-15-13(18)16-9-11-2-3-12(14)20-11/h2-3,10H,4-9H2,1H3,(H2,15,16,18)/t10-/m0/s1. The van der Waals surface area contributed by atoms with E-state index in [1.807, 2.05) is 12.1 Å². The molecular weight excluding hydrogens is 298 g/mol. The van der Waals surface area contributed by atoms with Gasteiger partial charge in [0.1, 0.15) is 0 Å². The third kappa shape index (κ3) is 4.94. The number of hydrogen-bond acceptors (Lipinski definition) is 4. The Balaban J connectivity index is 1.64. The van der Waals surface area contributed by atoms with Crippen LogP contribution in [0.15, 0.2) is 12.1 Å². The molecule has 5 nitrogen and oxygen atoms in total. The van der Waals surface area contributed by atoms with E-state index in [1.165, 1.54) is 11.3 Å². The Kier molecular flexibility index (Phi) is 6.09. The van der Waals surface area contributed by atoms with Gasteiger partial charge >= 0.3 is 6.03 Å². The fourth-order valence-electron chi connectivity index (χ4n) is 2.06. The maximum absolute atomic E-state index is 11.7. The molecule has 112 valence electrons. The van der Waals surface area contributed by atoms with Crippen LogP contribution in [-0.2, 0) is 11.3 Å². The molecule has 1 saturated heterocycles. The van der Waals surface area contributed by atoms with E-state index in [0.29, 0.717) is 19.1 Å². The van der Waals surface area contributed by atoms with Crippen molar-refractivity contribution < 1.29 is 9.53 Å². The summed E-state index contributed by atoms with van der Waals surface area (Å²) in [6, 6.07) is 3.93. The molecule has 0 saturated carbocycles. The third-order valence-electron chi connectivity index (χ3n) is 3.28. The first-order valence-corrected chi connectivity index (χ1v) is 7.92. The minimum atomic E-state index is -0.144. The lowest BCUT2D eigenvalue weighted by molar-refractivity contribution is 0.0209. The Morgan fingerprint density at radius 1 is 1.45 bits per heavy atom. The fourth-order valence-corrected chi connectivity index (χ4v) is 3.09. The number of thiophene rings is 1. The van der Waals surface area contributed by atoms with Gasteiger partial charge in [-0.1, -0.05) is 11.6 Å². The second-order valence-electron chi connectivity index (χ2n) is 4.77. The molecular formula is C13H20ClN3O2S.